The zero-order chi connectivity index (χ0) is 15.0. The number of nitrogens with zero attached hydrogens (tertiary/aromatic N) is 1. The van der Waals surface area contributed by atoms with Gasteiger partial charge in [-0.1, -0.05) is 18.5 Å². The predicted molar refractivity (Wildman–Crippen MR) is 83.4 cm³/mol. The Kier molecular flexibility index (Phi) is 3.91. The van der Waals surface area contributed by atoms with Crippen LogP contribution >= 0.6 is 27.5 Å². The first-order valence-electron chi connectivity index (χ1n) is 6.48. The third-order valence-corrected chi connectivity index (χ3v) is 4.24. The van der Waals surface area contributed by atoms with E-state index in [0.717, 1.165) is 0 Å². The maximum atomic E-state index is 11.9. The van der Waals surface area contributed by atoms with Crippen LogP contribution in [0.4, 0.5) is 0 Å². The lowest BCUT2D eigenvalue weighted by Gasteiger charge is -2.20. The number of halogens is 2. The molecule has 0 fully saturated rings. The standard InChI is InChI=1S/C14H12BrClN2O3/c1-2-9-11(15)14(19)18-13(17-9)7-5-8(16)12-10(6-7)20-3-4-21-12/h5-6H,2-4H2,1H3,(H,17,18,19). The molecule has 0 unspecified atom stereocenters. The van der Waals surface area contributed by atoms with Crippen LogP contribution in [0.15, 0.2) is 21.4 Å². The van der Waals surface area contributed by atoms with Crippen molar-refractivity contribution >= 4 is 27.5 Å². The van der Waals surface area contributed by atoms with E-state index in [2.05, 4.69) is 25.9 Å². The highest BCUT2D eigenvalue weighted by Gasteiger charge is 2.18. The highest BCUT2D eigenvalue weighted by Crippen LogP contribution is 2.40. The average Bonchev–Trinajstić information content (AvgIpc) is 2.50. The zero-order valence-corrected chi connectivity index (χ0v) is 13.5. The molecule has 5 nitrogen and oxygen atoms in total. The first kappa shape index (κ1) is 14.4. The van der Waals surface area contributed by atoms with Gasteiger partial charge in [0.2, 0.25) is 0 Å². The van der Waals surface area contributed by atoms with E-state index in [9.17, 15) is 4.79 Å². The predicted octanol–water partition coefficient (Wildman–Crippen LogP) is 3.19. The van der Waals surface area contributed by atoms with Crippen molar-refractivity contribution in [2.45, 2.75) is 13.3 Å². The van der Waals surface area contributed by atoms with E-state index >= 15 is 0 Å². The van der Waals surface area contributed by atoms with E-state index in [1.807, 2.05) is 6.92 Å². The van der Waals surface area contributed by atoms with Gasteiger partial charge in [0, 0.05) is 5.56 Å². The molecule has 2 heterocycles. The maximum Gasteiger partial charge on any atom is 0.265 e. The van der Waals surface area contributed by atoms with E-state index in [1.165, 1.54) is 0 Å². The fraction of sp³-hybridized carbons (Fsp3) is 0.286. The molecule has 0 aliphatic carbocycles. The van der Waals surface area contributed by atoms with Crippen LogP contribution in [0, 0.1) is 0 Å². The summed E-state index contributed by atoms with van der Waals surface area (Å²) in [4.78, 5) is 19.1. The fourth-order valence-electron chi connectivity index (χ4n) is 2.12. The number of rotatable bonds is 2. The Morgan fingerprint density at radius 3 is 2.90 bits per heavy atom. The average molecular weight is 372 g/mol. The highest BCUT2D eigenvalue weighted by molar-refractivity contribution is 9.10. The molecule has 1 aromatic heterocycles. The summed E-state index contributed by atoms with van der Waals surface area (Å²) in [6.07, 6.45) is 0.649. The van der Waals surface area contributed by atoms with E-state index in [0.29, 0.717) is 57.7 Å². The zero-order valence-electron chi connectivity index (χ0n) is 11.2. The Balaban J connectivity index is 2.15. The first-order chi connectivity index (χ1) is 10.1. The van der Waals surface area contributed by atoms with Gasteiger partial charge in [0.1, 0.15) is 23.5 Å². The van der Waals surface area contributed by atoms with Crippen LogP contribution < -0.4 is 15.0 Å². The largest absolute Gasteiger partial charge is 0.486 e. The minimum Gasteiger partial charge on any atom is -0.486 e. The van der Waals surface area contributed by atoms with Crippen molar-refractivity contribution in [1.82, 2.24) is 9.97 Å². The smallest absolute Gasteiger partial charge is 0.265 e. The number of aromatic nitrogens is 2. The molecule has 7 heteroatoms. The first-order valence-corrected chi connectivity index (χ1v) is 7.65. The van der Waals surface area contributed by atoms with Crippen molar-refractivity contribution in [3.05, 3.63) is 37.7 Å². The summed E-state index contributed by atoms with van der Waals surface area (Å²) in [6, 6.07) is 3.48. The van der Waals surface area contributed by atoms with Crippen LogP contribution in [-0.2, 0) is 6.42 Å². The molecule has 3 rings (SSSR count). The molecule has 0 bridgehead atoms. The molecule has 2 aromatic rings. The molecule has 1 aliphatic heterocycles. The fourth-order valence-corrected chi connectivity index (χ4v) is 2.86. The number of nitrogens with one attached hydrogen (secondary N) is 1. The second-order valence-corrected chi connectivity index (χ2v) is 5.71. The normalized spacial score (nSPS) is 13.3. The van der Waals surface area contributed by atoms with Gasteiger partial charge in [-0.3, -0.25) is 4.79 Å². The van der Waals surface area contributed by atoms with Gasteiger partial charge in [0.25, 0.3) is 5.56 Å². The van der Waals surface area contributed by atoms with E-state index in [4.69, 9.17) is 21.1 Å². The third kappa shape index (κ3) is 2.65. The number of benzene rings is 1. The Morgan fingerprint density at radius 2 is 2.14 bits per heavy atom. The lowest BCUT2D eigenvalue weighted by molar-refractivity contribution is 0.172. The monoisotopic (exact) mass is 370 g/mol. The summed E-state index contributed by atoms with van der Waals surface area (Å²) in [5.41, 5.74) is 1.16. The van der Waals surface area contributed by atoms with Gasteiger partial charge >= 0.3 is 0 Å². The number of hydrogen-bond donors (Lipinski definition) is 1. The van der Waals surface area contributed by atoms with Crippen LogP contribution in [0.5, 0.6) is 11.5 Å². The van der Waals surface area contributed by atoms with E-state index < -0.39 is 0 Å². The number of H-pyrrole nitrogens is 1. The van der Waals surface area contributed by atoms with Gasteiger partial charge in [0.15, 0.2) is 11.5 Å². The minimum atomic E-state index is -0.220. The summed E-state index contributed by atoms with van der Waals surface area (Å²) < 4.78 is 11.5. The summed E-state index contributed by atoms with van der Waals surface area (Å²) >= 11 is 9.45. The van der Waals surface area contributed by atoms with Crippen LogP contribution in [0.3, 0.4) is 0 Å². The number of fused-ring (bicyclic) bond motifs is 1. The number of ether oxygens (including phenoxy) is 2. The molecule has 1 N–H and O–H groups in total. The summed E-state index contributed by atoms with van der Waals surface area (Å²) in [5, 5.41) is 0.436. The van der Waals surface area contributed by atoms with Gasteiger partial charge in [-0.05, 0) is 34.5 Å². The van der Waals surface area contributed by atoms with Gasteiger partial charge < -0.3 is 14.5 Å². The van der Waals surface area contributed by atoms with Crippen molar-refractivity contribution in [2.75, 3.05) is 13.2 Å². The Hall–Kier alpha value is -1.53. The van der Waals surface area contributed by atoms with Crippen LogP contribution in [-0.4, -0.2) is 23.2 Å². The molecule has 1 aliphatic rings. The molecular formula is C14H12BrClN2O3. The summed E-state index contributed by atoms with van der Waals surface area (Å²) in [5.74, 6) is 1.55. The second kappa shape index (κ2) is 5.69. The minimum absolute atomic E-state index is 0.220. The van der Waals surface area contributed by atoms with Crippen molar-refractivity contribution < 1.29 is 9.47 Å². The molecule has 0 saturated carbocycles. The van der Waals surface area contributed by atoms with Gasteiger partial charge in [-0.15, -0.1) is 0 Å². The van der Waals surface area contributed by atoms with Crippen molar-refractivity contribution in [3.8, 4) is 22.9 Å². The lowest BCUT2D eigenvalue weighted by Crippen LogP contribution is -2.16. The van der Waals surface area contributed by atoms with Crippen molar-refractivity contribution in [3.63, 3.8) is 0 Å². The molecule has 0 radical (unpaired) electrons. The molecule has 0 spiro atoms. The summed E-state index contributed by atoms with van der Waals surface area (Å²) in [6.45, 7) is 2.88. The lowest BCUT2D eigenvalue weighted by atomic mass is 10.1. The number of aromatic amines is 1. The van der Waals surface area contributed by atoms with Crippen molar-refractivity contribution in [2.24, 2.45) is 0 Å². The molecule has 0 saturated heterocycles. The molecule has 0 amide bonds. The second-order valence-electron chi connectivity index (χ2n) is 4.51. The number of aryl methyl sites for hydroxylation is 1. The molecular weight excluding hydrogens is 360 g/mol. The van der Waals surface area contributed by atoms with Gasteiger partial charge in [0.05, 0.1) is 10.7 Å². The maximum absolute atomic E-state index is 11.9. The van der Waals surface area contributed by atoms with E-state index in [1.54, 1.807) is 12.1 Å². The van der Waals surface area contributed by atoms with Gasteiger partial charge in [-0.2, -0.15) is 0 Å². The number of hydrogen-bond acceptors (Lipinski definition) is 4. The van der Waals surface area contributed by atoms with Crippen LogP contribution in [0.1, 0.15) is 12.6 Å². The Bertz CT molecular complexity index is 761. The van der Waals surface area contributed by atoms with Gasteiger partial charge in [-0.25, -0.2) is 4.98 Å². The molecule has 21 heavy (non-hydrogen) atoms. The topological polar surface area (TPSA) is 64.2 Å². The Labute approximate surface area is 134 Å². The van der Waals surface area contributed by atoms with Crippen LogP contribution in [0.25, 0.3) is 11.4 Å². The van der Waals surface area contributed by atoms with Crippen molar-refractivity contribution in [1.29, 1.82) is 0 Å². The Morgan fingerprint density at radius 1 is 1.38 bits per heavy atom. The third-order valence-electron chi connectivity index (χ3n) is 3.14. The molecule has 110 valence electrons. The molecule has 1 aromatic carbocycles. The molecule has 0 atom stereocenters. The van der Waals surface area contributed by atoms with E-state index in [-0.39, 0.29) is 5.56 Å². The SMILES string of the molecule is CCc1nc(-c2cc(Cl)c3c(c2)OCCO3)[nH]c(=O)c1Br. The van der Waals surface area contributed by atoms with Crippen LogP contribution in [0.2, 0.25) is 5.02 Å². The quantitative estimate of drug-likeness (QED) is 0.880. The summed E-state index contributed by atoms with van der Waals surface area (Å²) in [7, 11) is 0. The highest BCUT2D eigenvalue weighted by atomic mass is 79.9.